The van der Waals surface area contributed by atoms with Crippen molar-refractivity contribution < 1.29 is 22.7 Å². The van der Waals surface area contributed by atoms with Gasteiger partial charge in [-0.25, -0.2) is 13.4 Å². The highest BCUT2D eigenvalue weighted by atomic mass is 35.5. The summed E-state index contributed by atoms with van der Waals surface area (Å²) >= 11 is 8.44. The number of para-hydroxylation sites is 1. The fourth-order valence-electron chi connectivity index (χ4n) is 4.59. The average Bonchev–Trinajstić information content (AvgIpc) is 3.62. The van der Waals surface area contributed by atoms with Crippen molar-refractivity contribution in [2.24, 2.45) is 5.92 Å². The van der Waals surface area contributed by atoms with E-state index in [1.807, 2.05) is 18.2 Å². The van der Waals surface area contributed by atoms with Crippen LogP contribution in [-0.2, 0) is 19.6 Å². The van der Waals surface area contributed by atoms with Crippen molar-refractivity contribution >= 4 is 65.6 Å². The number of carbonyl (C=O) groups excluding carboxylic acids is 1. The first-order valence-electron chi connectivity index (χ1n) is 11.5. The second kappa shape index (κ2) is 10.3. The van der Waals surface area contributed by atoms with E-state index >= 15 is 0 Å². The second-order valence-corrected chi connectivity index (χ2v) is 13.5. The topological polar surface area (TPSA) is 89.0 Å². The lowest BCUT2D eigenvalue weighted by Crippen LogP contribution is -2.48. The molecule has 3 aromatic rings. The Bertz CT molecular complexity index is 1320. The molecule has 0 bridgehead atoms. The molecule has 2 saturated heterocycles. The Morgan fingerprint density at radius 1 is 1.26 bits per heavy atom. The summed E-state index contributed by atoms with van der Waals surface area (Å²) in [5.74, 6) is 0.0611. The molecule has 188 valence electrons. The Morgan fingerprint density at radius 3 is 2.83 bits per heavy atom. The van der Waals surface area contributed by atoms with Crippen LogP contribution in [0.4, 0.5) is 5.13 Å². The number of thiazole rings is 1. The molecule has 0 saturated carbocycles. The Morgan fingerprint density at radius 2 is 2.11 bits per heavy atom. The molecule has 5 rings (SSSR count). The fraction of sp³-hybridized carbons (Fsp3) is 0.478. The van der Waals surface area contributed by atoms with E-state index in [9.17, 15) is 13.2 Å². The molecule has 2 unspecified atom stereocenters. The van der Waals surface area contributed by atoms with Crippen LogP contribution in [0.5, 0.6) is 5.75 Å². The zero-order chi connectivity index (χ0) is 24.6. The third kappa shape index (κ3) is 5.07. The largest absolute Gasteiger partial charge is 0.494 e. The van der Waals surface area contributed by atoms with Crippen LogP contribution in [0.1, 0.15) is 25.7 Å². The summed E-state index contributed by atoms with van der Waals surface area (Å²) in [5, 5.41) is 0.579. The number of carbonyl (C=O) groups is 1. The van der Waals surface area contributed by atoms with E-state index in [1.54, 1.807) is 18.1 Å². The number of aromatic nitrogens is 1. The third-order valence-corrected chi connectivity index (χ3v) is 11.0. The predicted molar refractivity (Wildman–Crippen MR) is 138 cm³/mol. The van der Waals surface area contributed by atoms with Gasteiger partial charge in [0.15, 0.2) is 5.13 Å². The second-order valence-electron chi connectivity index (χ2n) is 8.65. The minimum atomic E-state index is -3.71. The van der Waals surface area contributed by atoms with E-state index in [-0.39, 0.29) is 22.8 Å². The van der Waals surface area contributed by atoms with Crippen LogP contribution >= 0.6 is 34.3 Å². The Hall–Kier alpha value is -1.76. The standard InChI is InChI=1S/C23H26ClN3O5S3/c1-31-17-7-2-8-18-21(17)25-23(33-18)27(14-16-6-4-12-32-16)22(28)15-5-3-11-26(13-15)35(29,30)20-10-9-19(24)34-20/h2,7-10,15-16H,3-6,11-14H2,1H3. The number of piperidine rings is 1. The maximum absolute atomic E-state index is 13.9. The number of anilines is 1. The number of nitrogens with zero attached hydrogens (tertiary/aromatic N) is 3. The molecule has 2 aliphatic heterocycles. The Balaban J connectivity index is 1.43. The minimum Gasteiger partial charge on any atom is -0.494 e. The van der Waals surface area contributed by atoms with Crippen LogP contribution in [-0.4, -0.2) is 63.1 Å². The van der Waals surface area contributed by atoms with Crippen molar-refractivity contribution in [3.05, 3.63) is 34.7 Å². The number of hydrogen-bond donors (Lipinski definition) is 0. The van der Waals surface area contributed by atoms with Crippen LogP contribution in [0.2, 0.25) is 4.34 Å². The molecule has 8 nitrogen and oxygen atoms in total. The molecule has 0 radical (unpaired) electrons. The van der Waals surface area contributed by atoms with E-state index in [1.165, 1.54) is 21.7 Å². The van der Waals surface area contributed by atoms with Crippen molar-refractivity contribution in [2.45, 2.75) is 36.0 Å². The molecule has 2 aliphatic rings. The fourth-order valence-corrected chi connectivity index (χ4v) is 8.75. The summed E-state index contributed by atoms with van der Waals surface area (Å²) in [4.78, 5) is 20.4. The molecule has 1 amide bonds. The number of ether oxygens (including phenoxy) is 2. The highest BCUT2D eigenvalue weighted by Gasteiger charge is 2.37. The molecule has 35 heavy (non-hydrogen) atoms. The first-order valence-corrected chi connectivity index (χ1v) is 14.9. The summed E-state index contributed by atoms with van der Waals surface area (Å²) in [6, 6.07) is 8.80. The SMILES string of the molecule is COc1cccc2sc(N(CC3CCCO3)C(=O)C3CCCN(S(=O)(=O)c4ccc(Cl)s4)C3)nc12. The van der Waals surface area contributed by atoms with Crippen molar-refractivity contribution in [3.63, 3.8) is 0 Å². The monoisotopic (exact) mass is 555 g/mol. The van der Waals surface area contributed by atoms with Crippen molar-refractivity contribution in [1.29, 1.82) is 0 Å². The molecule has 4 heterocycles. The van der Waals surface area contributed by atoms with E-state index < -0.39 is 15.9 Å². The quantitative estimate of drug-likeness (QED) is 0.422. The number of amides is 1. The van der Waals surface area contributed by atoms with E-state index in [0.29, 0.717) is 53.3 Å². The van der Waals surface area contributed by atoms with Crippen molar-refractivity contribution in [1.82, 2.24) is 9.29 Å². The molecule has 0 spiro atoms. The Kier molecular flexibility index (Phi) is 7.34. The first-order chi connectivity index (χ1) is 16.9. The summed E-state index contributed by atoms with van der Waals surface area (Å²) in [7, 11) is -2.11. The molecule has 1 aromatic carbocycles. The van der Waals surface area contributed by atoms with Gasteiger partial charge in [-0.3, -0.25) is 9.69 Å². The highest BCUT2D eigenvalue weighted by Crippen LogP contribution is 2.36. The Labute approximate surface area is 217 Å². The number of thiophene rings is 1. The number of sulfonamides is 1. The summed E-state index contributed by atoms with van der Waals surface area (Å²) < 4.78 is 40.6. The summed E-state index contributed by atoms with van der Waals surface area (Å²) in [5.41, 5.74) is 0.711. The molecule has 12 heteroatoms. The van der Waals surface area contributed by atoms with Gasteiger partial charge in [0.2, 0.25) is 5.91 Å². The van der Waals surface area contributed by atoms with E-state index in [0.717, 1.165) is 28.9 Å². The lowest BCUT2D eigenvalue weighted by molar-refractivity contribution is -0.123. The smallest absolute Gasteiger partial charge is 0.252 e. The van der Waals surface area contributed by atoms with Crippen LogP contribution in [0.3, 0.4) is 0 Å². The number of rotatable bonds is 7. The van der Waals surface area contributed by atoms with Crippen molar-refractivity contribution in [2.75, 3.05) is 38.3 Å². The van der Waals surface area contributed by atoms with Crippen molar-refractivity contribution in [3.8, 4) is 5.75 Å². The normalized spacial score (nSPS) is 21.4. The lowest BCUT2D eigenvalue weighted by Gasteiger charge is -2.34. The maximum Gasteiger partial charge on any atom is 0.252 e. The van der Waals surface area contributed by atoms with Gasteiger partial charge < -0.3 is 9.47 Å². The van der Waals surface area contributed by atoms with Gasteiger partial charge in [-0.2, -0.15) is 4.31 Å². The number of fused-ring (bicyclic) bond motifs is 1. The van der Waals surface area contributed by atoms with Gasteiger partial charge in [0, 0.05) is 19.7 Å². The van der Waals surface area contributed by atoms with Gasteiger partial charge >= 0.3 is 0 Å². The van der Waals surface area contributed by atoms with Crippen LogP contribution in [0, 0.1) is 5.92 Å². The molecule has 2 fully saturated rings. The van der Waals surface area contributed by atoms with Gasteiger partial charge in [0.05, 0.1) is 34.7 Å². The van der Waals surface area contributed by atoms with Gasteiger partial charge in [-0.1, -0.05) is 29.0 Å². The summed E-state index contributed by atoms with van der Waals surface area (Å²) in [6.07, 6.45) is 2.99. The maximum atomic E-state index is 13.9. The highest BCUT2D eigenvalue weighted by molar-refractivity contribution is 7.91. The van der Waals surface area contributed by atoms with E-state index in [4.69, 9.17) is 26.1 Å². The summed E-state index contributed by atoms with van der Waals surface area (Å²) in [6.45, 7) is 1.59. The van der Waals surface area contributed by atoms with Gasteiger partial charge in [-0.15, -0.1) is 11.3 Å². The molecule has 2 aromatic heterocycles. The number of halogens is 1. The molecule has 2 atom stereocenters. The van der Waals surface area contributed by atoms with Gasteiger partial charge in [-0.05, 0) is 49.9 Å². The lowest BCUT2D eigenvalue weighted by atomic mass is 9.98. The van der Waals surface area contributed by atoms with Crippen LogP contribution < -0.4 is 9.64 Å². The predicted octanol–water partition coefficient (Wildman–Crippen LogP) is 4.63. The molecule has 0 aliphatic carbocycles. The molecular weight excluding hydrogens is 530 g/mol. The minimum absolute atomic E-state index is 0.0652. The molecule has 0 N–H and O–H groups in total. The van der Waals surface area contributed by atoms with Gasteiger partial charge in [0.1, 0.15) is 15.5 Å². The zero-order valence-corrected chi connectivity index (χ0v) is 22.4. The van der Waals surface area contributed by atoms with E-state index in [2.05, 4.69) is 0 Å². The van der Waals surface area contributed by atoms with Crippen LogP contribution in [0.25, 0.3) is 10.2 Å². The third-order valence-electron chi connectivity index (χ3n) is 6.37. The first kappa shape index (κ1) is 24.9. The molecular formula is C23H26ClN3O5S3. The van der Waals surface area contributed by atoms with Gasteiger partial charge in [0.25, 0.3) is 10.0 Å². The number of hydrogen-bond acceptors (Lipinski definition) is 8. The van der Waals surface area contributed by atoms with Crippen LogP contribution in [0.15, 0.2) is 34.5 Å². The number of benzene rings is 1. The average molecular weight is 556 g/mol. The zero-order valence-electron chi connectivity index (χ0n) is 19.2. The number of methoxy groups -OCH3 is 1.